The highest BCUT2D eigenvalue weighted by atomic mass is 19.1. The summed E-state index contributed by atoms with van der Waals surface area (Å²) in [5.74, 6) is -0.509. The molecule has 0 radical (unpaired) electrons. The van der Waals surface area contributed by atoms with Gasteiger partial charge in [-0.1, -0.05) is 31.7 Å². The molecule has 0 saturated carbocycles. The highest BCUT2D eigenvalue weighted by molar-refractivity contribution is 5.96. The average molecular weight is 525 g/mol. The number of benzene rings is 1. The maximum Gasteiger partial charge on any atom is 0.349 e. The van der Waals surface area contributed by atoms with Crippen LogP contribution >= 0.6 is 0 Å². The molecule has 0 saturated heterocycles. The van der Waals surface area contributed by atoms with E-state index in [0.717, 1.165) is 10.2 Å². The molecule has 2 heterocycles. The van der Waals surface area contributed by atoms with Crippen molar-refractivity contribution in [3.05, 3.63) is 88.0 Å². The molecule has 0 fully saturated rings. The van der Waals surface area contributed by atoms with Crippen molar-refractivity contribution in [2.24, 2.45) is 5.73 Å². The molecule has 11 nitrogen and oxygen atoms in total. The SMILES string of the molecule is C=C(/C=C\C(C)NC(c1nn(-c2ncccc2N)c(=O)[nH]1)c1cc(CC)cc(OCCCO)c1F)C(=N)N. The number of aliphatic hydroxyl groups excluding tert-OH is 1. The van der Waals surface area contributed by atoms with Crippen LogP contribution < -0.4 is 27.2 Å². The Morgan fingerprint density at radius 1 is 1.45 bits per heavy atom. The molecule has 0 aliphatic rings. The number of nitrogens with one attached hydrogen (secondary N) is 3. The van der Waals surface area contributed by atoms with Crippen LogP contribution in [0.1, 0.15) is 43.3 Å². The zero-order chi connectivity index (χ0) is 27.8. The highest BCUT2D eigenvalue weighted by Crippen LogP contribution is 2.31. The minimum absolute atomic E-state index is 0.0310. The lowest BCUT2D eigenvalue weighted by molar-refractivity contribution is 0.228. The van der Waals surface area contributed by atoms with Gasteiger partial charge < -0.3 is 21.3 Å². The number of amidine groups is 1. The summed E-state index contributed by atoms with van der Waals surface area (Å²) in [6, 6.07) is 5.20. The van der Waals surface area contributed by atoms with Crippen molar-refractivity contribution < 1.29 is 14.2 Å². The van der Waals surface area contributed by atoms with Crippen LogP contribution in [0, 0.1) is 11.2 Å². The Bertz CT molecular complexity index is 1380. The van der Waals surface area contributed by atoms with E-state index < -0.39 is 23.6 Å². The monoisotopic (exact) mass is 524 g/mol. The Labute approximate surface area is 219 Å². The van der Waals surface area contributed by atoms with E-state index in [2.05, 4.69) is 27.0 Å². The molecule has 1 aromatic carbocycles. The van der Waals surface area contributed by atoms with Crippen molar-refractivity contribution >= 4 is 11.5 Å². The van der Waals surface area contributed by atoms with E-state index >= 15 is 4.39 Å². The number of aromatic nitrogens is 4. The molecule has 38 heavy (non-hydrogen) atoms. The Balaban J connectivity index is 2.11. The predicted octanol–water partition coefficient (Wildman–Crippen LogP) is 2.12. The van der Waals surface area contributed by atoms with E-state index in [9.17, 15) is 4.79 Å². The van der Waals surface area contributed by atoms with Gasteiger partial charge in [-0.2, -0.15) is 4.68 Å². The number of nitrogen functional groups attached to an aromatic ring is 1. The summed E-state index contributed by atoms with van der Waals surface area (Å²) in [5, 5.41) is 24.3. The fraction of sp³-hybridized carbons (Fsp3) is 0.308. The Morgan fingerprint density at radius 3 is 2.87 bits per heavy atom. The molecule has 0 amide bonds. The molecule has 0 spiro atoms. The van der Waals surface area contributed by atoms with Gasteiger partial charge in [0.05, 0.1) is 18.3 Å². The number of ether oxygens (including phenoxy) is 1. The minimum atomic E-state index is -0.925. The van der Waals surface area contributed by atoms with Crippen LogP contribution in [-0.4, -0.2) is 49.9 Å². The number of anilines is 1. The van der Waals surface area contributed by atoms with Gasteiger partial charge in [0.1, 0.15) is 5.84 Å². The molecule has 0 aliphatic carbocycles. The molecule has 3 aromatic rings. The molecule has 8 N–H and O–H groups in total. The van der Waals surface area contributed by atoms with Crippen LogP contribution in [0.25, 0.3) is 5.82 Å². The first-order chi connectivity index (χ1) is 18.2. The number of nitrogens with zero attached hydrogens (tertiary/aromatic N) is 3. The smallest absolute Gasteiger partial charge is 0.349 e. The third-order valence-corrected chi connectivity index (χ3v) is 5.69. The van der Waals surface area contributed by atoms with Crippen LogP contribution in [0.3, 0.4) is 0 Å². The standard InChI is InChI=1S/C26H33FN8O3/c1-4-17-13-18(21(27)20(14-17)38-12-6-11-36)22(32-16(3)9-8-15(2)23(29)30)24-33-26(37)35(34-24)25-19(28)7-5-10-31-25/h5,7-10,13-14,16,22,32,36H,2,4,6,11-12,28H2,1,3H3,(H3,29,30)(H,33,34,37)/b9-8-. The number of pyridine rings is 1. The zero-order valence-electron chi connectivity index (χ0n) is 21.4. The lowest BCUT2D eigenvalue weighted by Gasteiger charge is -2.22. The van der Waals surface area contributed by atoms with Gasteiger partial charge in [0.15, 0.2) is 23.2 Å². The minimum Gasteiger partial charge on any atom is -0.490 e. The summed E-state index contributed by atoms with van der Waals surface area (Å²) in [7, 11) is 0. The first-order valence-electron chi connectivity index (χ1n) is 12.1. The second kappa shape index (κ2) is 12.8. The third kappa shape index (κ3) is 6.72. The summed E-state index contributed by atoms with van der Waals surface area (Å²) in [6.07, 6.45) is 5.72. The van der Waals surface area contributed by atoms with Crippen LogP contribution in [-0.2, 0) is 6.42 Å². The molecular formula is C26H33FN8O3. The van der Waals surface area contributed by atoms with E-state index in [1.165, 1.54) is 6.20 Å². The quantitative estimate of drug-likeness (QED) is 0.0851. The molecule has 2 aromatic heterocycles. The average Bonchev–Trinajstić information content (AvgIpc) is 3.28. The zero-order valence-corrected chi connectivity index (χ0v) is 21.4. The van der Waals surface area contributed by atoms with Crippen molar-refractivity contribution in [1.82, 2.24) is 25.1 Å². The molecule has 2 atom stereocenters. The lowest BCUT2D eigenvalue weighted by Crippen LogP contribution is -2.32. The summed E-state index contributed by atoms with van der Waals surface area (Å²) >= 11 is 0. The number of aromatic amines is 1. The highest BCUT2D eigenvalue weighted by Gasteiger charge is 2.27. The fourth-order valence-electron chi connectivity index (χ4n) is 3.63. The van der Waals surface area contributed by atoms with Gasteiger partial charge in [0.2, 0.25) is 0 Å². The first kappa shape index (κ1) is 28.3. The maximum absolute atomic E-state index is 15.9. The largest absolute Gasteiger partial charge is 0.490 e. The maximum atomic E-state index is 15.9. The molecule has 0 aliphatic heterocycles. The topological polar surface area (TPSA) is 181 Å². The number of nitrogens with two attached hydrogens (primary N) is 2. The van der Waals surface area contributed by atoms with Crippen molar-refractivity contribution in [3.8, 4) is 11.6 Å². The summed E-state index contributed by atoms with van der Waals surface area (Å²) < 4.78 is 22.5. The number of rotatable bonds is 13. The summed E-state index contributed by atoms with van der Waals surface area (Å²) in [4.78, 5) is 19.7. The van der Waals surface area contributed by atoms with Crippen LogP contribution in [0.5, 0.6) is 5.75 Å². The van der Waals surface area contributed by atoms with Gasteiger partial charge in [-0.3, -0.25) is 15.7 Å². The van der Waals surface area contributed by atoms with Crippen LogP contribution in [0.2, 0.25) is 0 Å². The second-order valence-corrected chi connectivity index (χ2v) is 8.61. The fourth-order valence-corrected chi connectivity index (χ4v) is 3.63. The van der Waals surface area contributed by atoms with Gasteiger partial charge in [-0.25, -0.2) is 14.2 Å². The van der Waals surface area contributed by atoms with E-state index in [-0.39, 0.29) is 47.7 Å². The van der Waals surface area contributed by atoms with Crippen LogP contribution in [0.4, 0.5) is 10.1 Å². The number of halogens is 1. The Kier molecular flexibility index (Phi) is 9.52. The van der Waals surface area contributed by atoms with Gasteiger partial charge in [-0.05, 0) is 37.1 Å². The van der Waals surface area contributed by atoms with Gasteiger partial charge >= 0.3 is 5.69 Å². The normalized spacial score (nSPS) is 12.9. The third-order valence-electron chi connectivity index (χ3n) is 5.69. The number of hydrogen-bond acceptors (Lipinski definition) is 8. The number of hydrogen-bond donors (Lipinski definition) is 6. The van der Waals surface area contributed by atoms with E-state index in [1.54, 1.807) is 36.4 Å². The predicted molar refractivity (Wildman–Crippen MR) is 144 cm³/mol. The van der Waals surface area contributed by atoms with Gasteiger partial charge in [-0.15, -0.1) is 5.10 Å². The number of H-pyrrole nitrogens is 1. The van der Waals surface area contributed by atoms with Crippen LogP contribution in [0.15, 0.2) is 59.6 Å². The van der Waals surface area contributed by atoms with E-state index in [1.807, 2.05) is 13.8 Å². The molecule has 3 rings (SSSR count). The van der Waals surface area contributed by atoms with Crippen molar-refractivity contribution in [2.45, 2.75) is 38.8 Å². The van der Waals surface area contributed by atoms with Crippen molar-refractivity contribution in [3.63, 3.8) is 0 Å². The summed E-state index contributed by atoms with van der Waals surface area (Å²) in [6.45, 7) is 7.50. The first-order valence-corrected chi connectivity index (χ1v) is 12.1. The van der Waals surface area contributed by atoms with Crippen molar-refractivity contribution in [1.29, 1.82) is 5.41 Å². The van der Waals surface area contributed by atoms with Gasteiger partial charge in [0, 0.05) is 36.4 Å². The van der Waals surface area contributed by atoms with E-state index in [4.69, 9.17) is 26.7 Å². The van der Waals surface area contributed by atoms with Crippen molar-refractivity contribution in [2.75, 3.05) is 18.9 Å². The number of aliphatic hydroxyl groups is 1. The molecule has 202 valence electrons. The lowest BCUT2D eigenvalue weighted by atomic mass is 9.99. The Hall–Kier alpha value is -4.29. The molecule has 12 heteroatoms. The Morgan fingerprint density at radius 2 is 2.21 bits per heavy atom. The van der Waals surface area contributed by atoms with Gasteiger partial charge in [0.25, 0.3) is 0 Å². The number of aryl methyl sites for hydroxylation is 1. The van der Waals surface area contributed by atoms with E-state index in [0.29, 0.717) is 18.4 Å². The summed E-state index contributed by atoms with van der Waals surface area (Å²) in [5.41, 5.74) is 12.4. The molecular weight excluding hydrogens is 491 g/mol. The molecule has 0 bridgehead atoms. The molecule has 2 unspecified atom stereocenters. The second-order valence-electron chi connectivity index (χ2n) is 8.61.